The molecule has 0 fully saturated rings. The molecule has 2 N–H and O–H groups in total. The largest absolute Gasteiger partial charge is 0.444 e. The minimum Gasteiger partial charge on any atom is -0.444 e. The maximum Gasteiger partial charge on any atom is 0.412 e. The first-order chi connectivity index (χ1) is 13.9. The summed E-state index contributed by atoms with van der Waals surface area (Å²) in [5.74, 6) is 0.0203. The lowest BCUT2D eigenvalue weighted by atomic mass is 10.2. The number of aliphatic imine (C=N–C) groups is 1. The first kappa shape index (κ1) is 23.0. The van der Waals surface area contributed by atoms with E-state index in [2.05, 4.69) is 27.3 Å². The van der Waals surface area contributed by atoms with Crippen LogP contribution in [0.1, 0.15) is 20.8 Å². The molecule has 0 aliphatic rings. The molecule has 162 valence electrons. The summed E-state index contributed by atoms with van der Waals surface area (Å²) in [7, 11) is 2.82. The van der Waals surface area contributed by atoms with Gasteiger partial charge in [0.25, 0.3) is 0 Å². The first-order valence-electron chi connectivity index (χ1n) is 8.84. The molecule has 0 aliphatic heterocycles. The third-order valence-corrected chi connectivity index (χ3v) is 3.55. The van der Waals surface area contributed by atoms with Crippen LogP contribution in [-0.2, 0) is 11.8 Å². The van der Waals surface area contributed by atoms with Crippen molar-refractivity contribution in [1.82, 2.24) is 14.9 Å². The van der Waals surface area contributed by atoms with E-state index in [-0.39, 0.29) is 22.1 Å². The molecule has 0 unspecified atom stereocenters. The van der Waals surface area contributed by atoms with Gasteiger partial charge in [-0.25, -0.2) is 4.79 Å². The number of rotatable bonds is 5. The number of carbonyl (C=O) groups excluding carboxylic acids is 1. The van der Waals surface area contributed by atoms with E-state index in [9.17, 15) is 9.28 Å². The van der Waals surface area contributed by atoms with Crippen LogP contribution in [0, 0.1) is 0 Å². The summed E-state index contributed by atoms with van der Waals surface area (Å²) >= 11 is 5.97. The molecule has 9 nitrogen and oxygen atoms in total. The second-order valence-electron chi connectivity index (χ2n) is 7.20. The van der Waals surface area contributed by atoms with E-state index in [1.165, 1.54) is 4.68 Å². The minimum absolute atomic E-state index is 0.101. The summed E-state index contributed by atoms with van der Waals surface area (Å²) in [6.45, 7) is 8.96. The van der Waals surface area contributed by atoms with Crippen molar-refractivity contribution in [3.63, 3.8) is 0 Å². The van der Waals surface area contributed by atoms with E-state index in [4.69, 9.17) is 21.1 Å². The second-order valence-corrected chi connectivity index (χ2v) is 7.55. The SMILES string of the molecule is C=C(/N=C(/Nc1cn(C)nc1Cl)N(C)F)Oc1cccc(NC(=O)OC(C)(C)C)c1. The van der Waals surface area contributed by atoms with Gasteiger partial charge in [0.2, 0.25) is 11.8 Å². The molecule has 1 aromatic carbocycles. The Kier molecular flexibility index (Phi) is 7.28. The van der Waals surface area contributed by atoms with Crippen molar-refractivity contribution in [1.29, 1.82) is 0 Å². The molecule has 0 aliphatic carbocycles. The highest BCUT2D eigenvalue weighted by atomic mass is 35.5. The van der Waals surface area contributed by atoms with E-state index in [1.54, 1.807) is 58.3 Å². The zero-order valence-electron chi connectivity index (χ0n) is 17.4. The fraction of sp³-hybridized carbons (Fsp3) is 0.316. The number of aromatic nitrogens is 2. The van der Waals surface area contributed by atoms with Crippen molar-refractivity contribution >= 4 is 35.0 Å². The summed E-state index contributed by atoms with van der Waals surface area (Å²) < 4.78 is 26.0. The predicted octanol–water partition coefficient (Wildman–Crippen LogP) is 4.55. The van der Waals surface area contributed by atoms with Crippen LogP contribution in [0.4, 0.5) is 20.7 Å². The van der Waals surface area contributed by atoms with Gasteiger partial charge in [-0.2, -0.15) is 15.2 Å². The lowest BCUT2D eigenvalue weighted by Crippen LogP contribution is -2.27. The number of nitrogens with zero attached hydrogens (tertiary/aromatic N) is 4. The van der Waals surface area contributed by atoms with Crippen molar-refractivity contribution in [3.05, 3.63) is 48.1 Å². The summed E-state index contributed by atoms with van der Waals surface area (Å²) in [5.41, 5.74) is 0.181. The van der Waals surface area contributed by atoms with E-state index in [1.807, 2.05) is 0 Å². The molecule has 0 bridgehead atoms. The Morgan fingerprint density at radius 1 is 1.37 bits per heavy atom. The predicted molar refractivity (Wildman–Crippen MR) is 114 cm³/mol. The second kappa shape index (κ2) is 9.49. The average molecular weight is 439 g/mol. The van der Waals surface area contributed by atoms with E-state index in [0.717, 1.165) is 7.05 Å². The Bertz CT molecular complexity index is 952. The normalized spacial score (nSPS) is 11.6. The highest BCUT2D eigenvalue weighted by Crippen LogP contribution is 2.22. The van der Waals surface area contributed by atoms with Crippen molar-refractivity contribution in [2.24, 2.45) is 12.0 Å². The zero-order valence-corrected chi connectivity index (χ0v) is 18.1. The number of halogens is 2. The van der Waals surface area contributed by atoms with E-state index < -0.39 is 11.7 Å². The first-order valence-corrected chi connectivity index (χ1v) is 9.22. The Hall–Kier alpha value is -3.27. The van der Waals surface area contributed by atoms with E-state index in [0.29, 0.717) is 17.1 Å². The molecule has 2 aromatic rings. The molecule has 0 spiro atoms. The van der Waals surface area contributed by atoms with Gasteiger partial charge in [-0.15, -0.1) is 0 Å². The fourth-order valence-electron chi connectivity index (χ4n) is 2.18. The summed E-state index contributed by atoms with van der Waals surface area (Å²) in [6, 6.07) is 6.50. The monoisotopic (exact) mass is 438 g/mol. The quantitative estimate of drug-likeness (QED) is 0.308. The zero-order chi connectivity index (χ0) is 22.5. The van der Waals surface area contributed by atoms with Gasteiger partial charge in [-0.1, -0.05) is 22.1 Å². The van der Waals surface area contributed by atoms with Crippen LogP contribution in [0.2, 0.25) is 5.15 Å². The van der Waals surface area contributed by atoms with Crippen molar-refractivity contribution < 1.29 is 18.7 Å². The summed E-state index contributed by atoms with van der Waals surface area (Å²) in [6.07, 6.45) is 0.965. The lowest BCUT2D eigenvalue weighted by molar-refractivity contribution is 0.0636. The Balaban J connectivity index is 2.08. The topological polar surface area (TPSA) is 93.0 Å². The molecule has 1 amide bonds. The molecule has 0 radical (unpaired) electrons. The molecular weight excluding hydrogens is 415 g/mol. The van der Waals surface area contributed by atoms with E-state index >= 15 is 0 Å². The highest BCUT2D eigenvalue weighted by molar-refractivity contribution is 6.32. The molecule has 0 saturated carbocycles. The van der Waals surface area contributed by atoms with Crippen molar-refractivity contribution in [3.8, 4) is 5.75 Å². The van der Waals surface area contributed by atoms with Crippen LogP contribution in [0.15, 0.2) is 47.9 Å². The summed E-state index contributed by atoms with van der Waals surface area (Å²) in [5, 5.41) is 9.67. The molecule has 0 atom stereocenters. The average Bonchev–Trinajstić information content (AvgIpc) is 2.89. The number of hydrogen-bond donors (Lipinski definition) is 2. The van der Waals surface area contributed by atoms with Crippen LogP contribution < -0.4 is 15.4 Å². The van der Waals surface area contributed by atoms with Crippen molar-refractivity contribution in [2.45, 2.75) is 26.4 Å². The molecule has 1 heterocycles. The Labute approximate surface area is 179 Å². The maximum absolute atomic E-state index is 13.8. The Morgan fingerprint density at radius 2 is 2.07 bits per heavy atom. The van der Waals surface area contributed by atoms with Gasteiger partial charge in [0.1, 0.15) is 11.4 Å². The number of carbonyl (C=O) groups is 1. The number of amides is 1. The van der Waals surface area contributed by atoms with Gasteiger partial charge in [-0.3, -0.25) is 10.00 Å². The molecule has 30 heavy (non-hydrogen) atoms. The van der Waals surface area contributed by atoms with Crippen LogP contribution in [0.3, 0.4) is 0 Å². The number of aryl methyl sites for hydroxylation is 1. The minimum atomic E-state index is -0.625. The fourth-order valence-corrected chi connectivity index (χ4v) is 2.39. The van der Waals surface area contributed by atoms with Crippen LogP contribution in [0.25, 0.3) is 0 Å². The number of hydrogen-bond acceptors (Lipinski definition) is 5. The molecule has 0 saturated heterocycles. The van der Waals surface area contributed by atoms with Gasteiger partial charge in [-0.05, 0) is 39.5 Å². The smallest absolute Gasteiger partial charge is 0.412 e. The lowest BCUT2D eigenvalue weighted by Gasteiger charge is -2.19. The van der Waals surface area contributed by atoms with Crippen LogP contribution >= 0.6 is 11.6 Å². The Morgan fingerprint density at radius 3 is 2.63 bits per heavy atom. The number of nitrogens with one attached hydrogen (secondary N) is 2. The molecular formula is C19H24ClFN6O3. The standard InChI is InChI=1S/C19H24ClFN6O3/c1-12(22-17(27(6)21)24-15-11-26(5)25-16(15)20)29-14-9-7-8-13(10-14)23-18(28)30-19(2,3)4/h7-11H,1H2,2-6H3,(H,22,24)(H,23,28). The maximum atomic E-state index is 13.8. The third-order valence-electron chi connectivity index (χ3n) is 3.27. The van der Waals surface area contributed by atoms with Gasteiger partial charge in [0.05, 0.1) is 5.69 Å². The van der Waals surface area contributed by atoms with Crippen molar-refractivity contribution in [2.75, 3.05) is 17.7 Å². The molecule has 11 heteroatoms. The van der Waals surface area contributed by atoms with Crippen LogP contribution in [-0.4, -0.2) is 39.6 Å². The number of ether oxygens (including phenoxy) is 2. The molecule has 2 rings (SSSR count). The number of benzene rings is 1. The van der Waals surface area contributed by atoms with Gasteiger partial charge in [0, 0.05) is 32.0 Å². The number of anilines is 2. The number of guanidine groups is 1. The summed E-state index contributed by atoms with van der Waals surface area (Å²) in [4.78, 5) is 15.9. The third kappa shape index (κ3) is 7.28. The van der Waals surface area contributed by atoms with Gasteiger partial charge in [0.15, 0.2) is 5.15 Å². The van der Waals surface area contributed by atoms with Gasteiger partial charge >= 0.3 is 6.09 Å². The van der Waals surface area contributed by atoms with Gasteiger partial charge < -0.3 is 14.8 Å². The van der Waals surface area contributed by atoms with Crippen LogP contribution in [0.5, 0.6) is 5.75 Å². The highest BCUT2D eigenvalue weighted by Gasteiger charge is 2.16. The molecule has 1 aromatic heterocycles.